The molecule has 5 heteroatoms. The van der Waals surface area contributed by atoms with Crippen molar-refractivity contribution in [3.8, 4) is 0 Å². The highest BCUT2D eigenvalue weighted by molar-refractivity contribution is 7.85. The topological polar surface area (TPSA) is 43.4 Å². The van der Waals surface area contributed by atoms with Crippen molar-refractivity contribution in [3.63, 3.8) is 0 Å². The Morgan fingerprint density at radius 2 is 1.60 bits per heavy atom. The lowest BCUT2D eigenvalue weighted by Crippen LogP contribution is -2.16. The molecule has 0 aromatic heterocycles. The molecule has 3 rings (SSSR count). The van der Waals surface area contributed by atoms with Crippen LogP contribution in [0.4, 0.5) is 4.39 Å². The number of halogens is 1. The third-order valence-corrected chi connectivity index (χ3v) is 6.40. The van der Waals surface area contributed by atoms with Gasteiger partial charge in [0.05, 0.1) is 23.8 Å². The van der Waals surface area contributed by atoms with Crippen LogP contribution in [0.15, 0.2) is 88.7 Å². The zero-order valence-electron chi connectivity index (χ0n) is 17.1. The van der Waals surface area contributed by atoms with E-state index in [9.17, 15) is 9.00 Å². The first-order valence-electron chi connectivity index (χ1n) is 9.93. The molecule has 0 unspecified atom stereocenters. The van der Waals surface area contributed by atoms with Crippen LogP contribution in [-0.4, -0.2) is 16.8 Å². The van der Waals surface area contributed by atoms with Gasteiger partial charge < -0.3 is 4.74 Å². The van der Waals surface area contributed by atoms with E-state index in [1.165, 1.54) is 0 Å². The molecular weight excluding hydrogens is 399 g/mol. The second-order valence-electron chi connectivity index (χ2n) is 7.05. The summed E-state index contributed by atoms with van der Waals surface area (Å²) >= 11 is 0. The van der Waals surface area contributed by atoms with Crippen molar-refractivity contribution in [2.24, 2.45) is 0 Å². The van der Waals surface area contributed by atoms with Gasteiger partial charge in [-0.05, 0) is 37.6 Å². The lowest BCUT2D eigenvalue weighted by atomic mass is 9.87. The van der Waals surface area contributed by atoms with Gasteiger partial charge in [-0.3, -0.25) is 4.79 Å². The number of hydrogen-bond acceptors (Lipinski definition) is 3. The average molecular weight is 425 g/mol. The smallest absolute Gasteiger partial charge is 0.306 e. The van der Waals surface area contributed by atoms with E-state index in [0.29, 0.717) is 20.9 Å². The molecule has 0 saturated heterocycles. The Morgan fingerprint density at radius 3 is 2.27 bits per heavy atom. The Kier molecular flexibility index (Phi) is 7.52. The van der Waals surface area contributed by atoms with Crippen LogP contribution in [-0.2, 0) is 20.3 Å². The molecule has 3 nitrogen and oxygen atoms in total. The molecule has 3 aromatic carbocycles. The van der Waals surface area contributed by atoms with E-state index in [2.05, 4.69) is 0 Å². The molecule has 3 atom stereocenters. The Hall–Kier alpha value is -2.79. The summed E-state index contributed by atoms with van der Waals surface area (Å²) in [6, 6.07) is 23.2. The van der Waals surface area contributed by atoms with Gasteiger partial charge in [-0.15, -0.1) is 0 Å². The normalized spacial score (nSPS) is 14.0. The number of alkyl halides is 1. The van der Waals surface area contributed by atoms with Gasteiger partial charge in [0.2, 0.25) is 0 Å². The Morgan fingerprint density at radius 1 is 0.967 bits per heavy atom. The highest BCUT2D eigenvalue weighted by Gasteiger charge is 2.30. The number of aryl methyl sites for hydroxylation is 1. The maximum Gasteiger partial charge on any atom is 0.306 e. The van der Waals surface area contributed by atoms with Crippen molar-refractivity contribution in [2.45, 2.75) is 42.1 Å². The van der Waals surface area contributed by atoms with Crippen LogP contribution in [0.3, 0.4) is 0 Å². The summed E-state index contributed by atoms with van der Waals surface area (Å²) in [5, 5.41) is 0. The van der Waals surface area contributed by atoms with Gasteiger partial charge in [-0.2, -0.15) is 0 Å². The molecule has 0 aliphatic rings. The molecule has 0 radical (unpaired) electrons. The zero-order valence-corrected chi connectivity index (χ0v) is 17.9. The van der Waals surface area contributed by atoms with Crippen molar-refractivity contribution in [2.75, 3.05) is 6.61 Å². The number of benzene rings is 3. The minimum absolute atomic E-state index is 0.0927. The van der Waals surface area contributed by atoms with Crippen LogP contribution >= 0.6 is 0 Å². The SMILES string of the molecule is CCOC(=O)C[C@H](c1ccccc1)[C@@H](F)c1ccccc1[S@@](=O)c1ccc(C)cc1. The third kappa shape index (κ3) is 5.22. The summed E-state index contributed by atoms with van der Waals surface area (Å²) < 4.78 is 34.2. The Labute approximate surface area is 179 Å². The predicted molar refractivity (Wildman–Crippen MR) is 117 cm³/mol. The maximum atomic E-state index is 15.9. The van der Waals surface area contributed by atoms with E-state index in [0.717, 1.165) is 5.56 Å². The maximum absolute atomic E-state index is 15.9. The van der Waals surface area contributed by atoms with Crippen molar-refractivity contribution in [1.82, 2.24) is 0 Å². The van der Waals surface area contributed by atoms with Gasteiger partial charge in [-0.25, -0.2) is 8.60 Å². The average Bonchev–Trinajstić information content (AvgIpc) is 2.78. The van der Waals surface area contributed by atoms with Crippen molar-refractivity contribution in [1.29, 1.82) is 0 Å². The quantitative estimate of drug-likeness (QED) is 0.422. The summed E-state index contributed by atoms with van der Waals surface area (Å²) in [4.78, 5) is 13.2. The zero-order chi connectivity index (χ0) is 21.5. The van der Waals surface area contributed by atoms with Crippen LogP contribution in [0.5, 0.6) is 0 Å². The molecule has 0 aliphatic heterocycles. The third-order valence-electron chi connectivity index (χ3n) is 4.92. The minimum Gasteiger partial charge on any atom is -0.466 e. The van der Waals surface area contributed by atoms with E-state index in [1.54, 1.807) is 55.5 Å². The first-order chi connectivity index (χ1) is 14.5. The molecule has 156 valence electrons. The van der Waals surface area contributed by atoms with Gasteiger partial charge in [0.15, 0.2) is 0 Å². The van der Waals surface area contributed by atoms with Gasteiger partial charge in [-0.1, -0.05) is 66.2 Å². The number of carbonyl (C=O) groups excluding carboxylic acids is 1. The molecule has 0 amide bonds. The summed E-state index contributed by atoms with van der Waals surface area (Å²) in [6.45, 7) is 3.92. The largest absolute Gasteiger partial charge is 0.466 e. The van der Waals surface area contributed by atoms with Crippen LogP contribution in [0.2, 0.25) is 0 Å². The summed E-state index contributed by atoms with van der Waals surface area (Å²) in [6.07, 6.45) is -1.60. The number of rotatable bonds is 8. The van der Waals surface area contributed by atoms with Crippen LogP contribution in [0.25, 0.3) is 0 Å². The van der Waals surface area contributed by atoms with E-state index < -0.39 is 28.9 Å². The molecule has 0 fully saturated rings. The van der Waals surface area contributed by atoms with Crippen LogP contribution in [0, 0.1) is 6.92 Å². The summed E-state index contributed by atoms with van der Waals surface area (Å²) in [5.74, 6) is -1.19. The molecule has 0 bridgehead atoms. The standard InChI is InChI=1S/C25H25FO3S/c1-3-29-24(27)17-22(19-9-5-4-6-10-19)25(26)21-11-7-8-12-23(21)30(28)20-15-13-18(2)14-16-20/h4-16,22,25H,3,17H2,1-2H3/t22-,25+,30+/m1/s1. The first-order valence-corrected chi connectivity index (χ1v) is 11.1. The fourth-order valence-corrected chi connectivity index (χ4v) is 4.61. The monoisotopic (exact) mass is 424 g/mol. The predicted octanol–water partition coefficient (Wildman–Crippen LogP) is 5.91. The van der Waals surface area contributed by atoms with E-state index in [4.69, 9.17) is 4.74 Å². The summed E-state index contributed by atoms with van der Waals surface area (Å²) in [5.41, 5.74) is 2.09. The van der Waals surface area contributed by atoms with Gasteiger partial charge in [0.1, 0.15) is 6.17 Å². The van der Waals surface area contributed by atoms with Gasteiger partial charge in [0.25, 0.3) is 0 Å². The minimum atomic E-state index is -1.53. The summed E-state index contributed by atoms with van der Waals surface area (Å²) in [7, 11) is -1.53. The lowest BCUT2D eigenvalue weighted by molar-refractivity contribution is -0.144. The highest BCUT2D eigenvalue weighted by atomic mass is 32.2. The van der Waals surface area contributed by atoms with Gasteiger partial charge >= 0.3 is 5.97 Å². The molecule has 0 N–H and O–H groups in total. The second kappa shape index (κ2) is 10.3. The molecular formula is C25H25FO3S. The molecule has 0 aliphatic carbocycles. The van der Waals surface area contributed by atoms with Crippen molar-refractivity contribution >= 4 is 16.8 Å². The Balaban J connectivity index is 1.99. The number of esters is 1. The number of ether oxygens (including phenoxy) is 1. The van der Waals surface area contributed by atoms with E-state index in [-0.39, 0.29) is 13.0 Å². The molecule has 3 aromatic rings. The van der Waals surface area contributed by atoms with E-state index in [1.807, 2.05) is 37.3 Å². The Bertz CT molecular complexity index is 1000. The number of carbonyl (C=O) groups is 1. The fourth-order valence-electron chi connectivity index (χ4n) is 3.37. The van der Waals surface area contributed by atoms with Gasteiger partial charge in [0, 0.05) is 21.3 Å². The van der Waals surface area contributed by atoms with Crippen LogP contribution < -0.4 is 0 Å². The first kappa shape index (κ1) is 21.9. The molecule has 0 heterocycles. The lowest BCUT2D eigenvalue weighted by Gasteiger charge is -2.23. The fraction of sp³-hybridized carbons (Fsp3) is 0.240. The number of hydrogen-bond donors (Lipinski definition) is 0. The van der Waals surface area contributed by atoms with Crippen molar-refractivity contribution in [3.05, 3.63) is 95.6 Å². The van der Waals surface area contributed by atoms with Crippen LogP contribution in [0.1, 0.15) is 42.1 Å². The molecule has 30 heavy (non-hydrogen) atoms. The van der Waals surface area contributed by atoms with E-state index >= 15 is 4.39 Å². The van der Waals surface area contributed by atoms with Crippen molar-refractivity contribution < 1.29 is 18.1 Å². The highest BCUT2D eigenvalue weighted by Crippen LogP contribution is 2.40. The molecule has 0 spiro atoms. The second-order valence-corrected chi connectivity index (χ2v) is 8.50. The molecule has 0 saturated carbocycles.